The van der Waals surface area contributed by atoms with Gasteiger partial charge in [-0.25, -0.2) is 4.39 Å². The highest BCUT2D eigenvalue weighted by atomic mass is 79.9. The van der Waals surface area contributed by atoms with Gasteiger partial charge in [-0.15, -0.1) is 11.3 Å². The third-order valence-corrected chi connectivity index (χ3v) is 4.79. The summed E-state index contributed by atoms with van der Waals surface area (Å²) in [6, 6.07) is 9.77. The van der Waals surface area contributed by atoms with Gasteiger partial charge in [0.15, 0.2) is 0 Å². The molecule has 1 N–H and O–H groups in total. The Kier molecular flexibility index (Phi) is 4.54. The lowest BCUT2D eigenvalue weighted by atomic mass is 10.1. The van der Waals surface area contributed by atoms with Crippen molar-refractivity contribution in [2.45, 2.75) is 19.4 Å². The number of rotatable bonds is 4. The molecule has 18 heavy (non-hydrogen) atoms. The SMILES string of the molecule is CCC(NC)c1ccc(-c2ccc(F)c(Br)c2)s1. The molecule has 0 radical (unpaired) electrons. The molecule has 96 valence electrons. The molecule has 2 rings (SSSR count). The van der Waals surface area contributed by atoms with Crippen molar-refractivity contribution < 1.29 is 4.39 Å². The zero-order valence-electron chi connectivity index (χ0n) is 10.3. The number of hydrogen-bond donors (Lipinski definition) is 1. The van der Waals surface area contributed by atoms with E-state index >= 15 is 0 Å². The molecule has 1 atom stereocenters. The Morgan fingerprint density at radius 1 is 1.33 bits per heavy atom. The molecule has 0 aliphatic rings. The summed E-state index contributed by atoms with van der Waals surface area (Å²) in [4.78, 5) is 2.48. The Hall–Kier alpha value is -0.710. The van der Waals surface area contributed by atoms with Crippen LogP contribution in [0.25, 0.3) is 10.4 Å². The normalized spacial score (nSPS) is 12.7. The standard InChI is InChI=1S/C14H15BrFNS/c1-3-12(17-2)14-7-6-13(18-14)9-4-5-11(16)10(15)8-9/h4-8,12,17H,3H2,1-2H3. The second-order valence-corrected chi connectivity index (χ2v) is 6.05. The van der Waals surface area contributed by atoms with Crippen LogP contribution in [0, 0.1) is 5.82 Å². The highest BCUT2D eigenvalue weighted by Gasteiger charge is 2.11. The first-order valence-electron chi connectivity index (χ1n) is 5.88. The molecule has 0 fully saturated rings. The monoisotopic (exact) mass is 327 g/mol. The molecule has 1 heterocycles. The molecule has 0 saturated heterocycles. The second-order valence-electron chi connectivity index (χ2n) is 4.08. The third-order valence-electron chi connectivity index (χ3n) is 2.93. The van der Waals surface area contributed by atoms with Gasteiger partial charge >= 0.3 is 0 Å². The van der Waals surface area contributed by atoms with Crippen LogP contribution in [-0.4, -0.2) is 7.05 Å². The fourth-order valence-electron chi connectivity index (χ4n) is 1.89. The first-order valence-corrected chi connectivity index (χ1v) is 7.49. The molecule has 1 unspecified atom stereocenters. The lowest BCUT2D eigenvalue weighted by molar-refractivity contribution is 0.586. The summed E-state index contributed by atoms with van der Waals surface area (Å²) in [6.45, 7) is 2.16. The molecular weight excluding hydrogens is 313 g/mol. The first kappa shape index (κ1) is 13.7. The fourth-order valence-corrected chi connectivity index (χ4v) is 3.47. The van der Waals surface area contributed by atoms with Gasteiger partial charge in [0.1, 0.15) is 5.82 Å². The van der Waals surface area contributed by atoms with Crippen molar-refractivity contribution >= 4 is 27.3 Å². The van der Waals surface area contributed by atoms with E-state index < -0.39 is 0 Å². The predicted molar refractivity (Wildman–Crippen MR) is 79.5 cm³/mol. The summed E-state index contributed by atoms with van der Waals surface area (Å²) in [5, 5.41) is 3.29. The van der Waals surface area contributed by atoms with Crippen LogP contribution in [-0.2, 0) is 0 Å². The van der Waals surface area contributed by atoms with Gasteiger partial charge < -0.3 is 5.32 Å². The molecule has 0 spiro atoms. The van der Waals surface area contributed by atoms with Gasteiger partial charge in [0, 0.05) is 15.8 Å². The average molecular weight is 328 g/mol. The summed E-state index contributed by atoms with van der Waals surface area (Å²) in [5.41, 5.74) is 1.05. The molecule has 2 aromatic rings. The van der Waals surface area contributed by atoms with Crippen molar-refractivity contribution in [2.24, 2.45) is 0 Å². The van der Waals surface area contributed by atoms with E-state index in [0.717, 1.165) is 12.0 Å². The summed E-state index contributed by atoms with van der Waals surface area (Å²) < 4.78 is 13.7. The maximum atomic E-state index is 13.2. The minimum Gasteiger partial charge on any atom is -0.312 e. The summed E-state index contributed by atoms with van der Waals surface area (Å²) in [6.07, 6.45) is 1.06. The molecule has 1 aromatic carbocycles. The van der Waals surface area contributed by atoms with Gasteiger partial charge in [-0.05, 0) is 59.2 Å². The van der Waals surface area contributed by atoms with E-state index in [1.165, 1.54) is 15.8 Å². The van der Waals surface area contributed by atoms with Gasteiger partial charge in [-0.1, -0.05) is 13.0 Å². The Bertz CT molecular complexity index is 534. The van der Waals surface area contributed by atoms with Crippen molar-refractivity contribution in [3.05, 3.63) is 45.5 Å². The van der Waals surface area contributed by atoms with E-state index in [1.54, 1.807) is 11.3 Å². The number of nitrogens with one attached hydrogen (secondary N) is 1. The molecule has 0 aliphatic heterocycles. The van der Waals surface area contributed by atoms with Crippen LogP contribution in [0.2, 0.25) is 0 Å². The molecule has 0 bridgehead atoms. The molecule has 0 saturated carbocycles. The molecular formula is C14H15BrFNS. The van der Waals surface area contributed by atoms with E-state index in [0.29, 0.717) is 10.5 Å². The zero-order valence-corrected chi connectivity index (χ0v) is 12.7. The Labute approximate surface area is 119 Å². The van der Waals surface area contributed by atoms with Gasteiger partial charge in [0.05, 0.1) is 4.47 Å². The number of halogens is 2. The van der Waals surface area contributed by atoms with Crippen LogP contribution in [0.5, 0.6) is 0 Å². The maximum Gasteiger partial charge on any atom is 0.137 e. The highest BCUT2D eigenvalue weighted by molar-refractivity contribution is 9.10. The van der Waals surface area contributed by atoms with Crippen molar-refractivity contribution in [1.82, 2.24) is 5.32 Å². The molecule has 1 aromatic heterocycles. The molecule has 0 amide bonds. The second kappa shape index (κ2) is 5.95. The molecule has 4 heteroatoms. The zero-order chi connectivity index (χ0) is 13.1. The van der Waals surface area contributed by atoms with Gasteiger partial charge in [-0.3, -0.25) is 0 Å². The van der Waals surface area contributed by atoms with E-state index in [2.05, 4.69) is 40.3 Å². The fraction of sp³-hybridized carbons (Fsp3) is 0.286. The predicted octanol–water partition coefficient (Wildman–Crippen LogP) is 4.99. The van der Waals surface area contributed by atoms with Crippen LogP contribution in [0.4, 0.5) is 4.39 Å². The summed E-state index contributed by atoms with van der Waals surface area (Å²) in [5.74, 6) is -0.225. The van der Waals surface area contributed by atoms with Crippen molar-refractivity contribution in [1.29, 1.82) is 0 Å². The number of hydrogen-bond acceptors (Lipinski definition) is 2. The smallest absolute Gasteiger partial charge is 0.137 e. The quantitative estimate of drug-likeness (QED) is 0.834. The van der Waals surface area contributed by atoms with Crippen molar-refractivity contribution in [3.8, 4) is 10.4 Å². The molecule has 0 aliphatic carbocycles. The van der Waals surface area contributed by atoms with Crippen LogP contribution in [0.1, 0.15) is 24.3 Å². The minimum atomic E-state index is -0.225. The maximum absolute atomic E-state index is 13.2. The average Bonchev–Trinajstić information content (AvgIpc) is 2.84. The number of thiophene rings is 1. The molecule has 1 nitrogen and oxygen atoms in total. The van der Waals surface area contributed by atoms with Gasteiger partial charge in [0.2, 0.25) is 0 Å². The lowest BCUT2D eigenvalue weighted by Crippen LogP contribution is -2.13. The Morgan fingerprint density at radius 3 is 2.72 bits per heavy atom. The van der Waals surface area contributed by atoms with Crippen LogP contribution < -0.4 is 5.32 Å². The Balaban J connectivity index is 2.31. The summed E-state index contributed by atoms with van der Waals surface area (Å²) in [7, 11) is 1.97. The summed E-state index contributed by atoms with van der Waals surface area (Å²) >= 11 is 4.98. The Morgan fingerprint density at radius 2 is 2.11 bits per heavy atom. The number of benzene rings is 1. The van der Waals surface area contributed by atoms with Crippen LogP contribution in [0.15, 0.2) is 34.8 Å². The third kappa shape index (κ3) is 2.82. The lowest BCUT2D eigenvalue weighted by Gasteiger charge is -2.10. The van der Waals surface area contributed by atoms with E-state index in [9.17, 15) is 4.39 Å². The highest BCUT2D eigenvalue weighted by Crippen LogP contribution is 2.34. The minimum absolute atomic E-state index is 0.225. The van der Waals surface area contributed by atoms with Crippen molar-refractivity contribution in [3.63, 3.8) is 0 Å². The van der Waals surface area contributed by atoms with E-state index in [-0.39, 0.29) is 5.82 Å². The van der Waals surface area contributed by atoms with Gasteiger partial charge in [0.25, 0.3) is 0 Å². The van der Waals surface area contributed by atoms with Crippen LogP contribution in [0.3, 0.4) is 0 Å². The van der Waals surface area contributed by atoms with Crippen LogP contribution >= 0.6 is 27.3 Å². The first-order chi connectivity index (χ1) is 8.65. The van der Waals surface area contributed by atoms with Crippen molar-refractivity contribution in [2.75, 3.05) is 7.05 Å². The largest absolute Gasteiger partial charge is 0.312 e. The topological polar surface area (TPSA) is 12.0 Å². The van der Waals surface area contributed by atoms with Gasteiger partial charge in [-0.2, -0.15) is 0 Å². The van der Waals surface area contributed by atoms with E-state index in [4.69, 9.17) is 0 Å². The van der Waals surface area contributed by atoms with E-state index in [1.807, 2.05) is 19.2 Å².